The normalized spacial score (nSPS) is 20.8. The molecule has 4 rings (SSSR count). The third kappa shape index (κ3) is 4.16. The number of rotatable bonds is 5. The molecular formula is C21H27N3O3. The number of likely N-dealkylation sites (tertiary alicyclic amines) is 2. The zero-order valence-corrected chi connectivity index (χ0v) is 15.9. The first-order valence-electron chi connectivity index (χ1n) is 9.84. The highest BCUT2D eigenvalue weighted by Gasteiger charge is 2.27. The molecule has 1 aromatic heterocycles. The van der Waals surface area contributed by atoms with E-state index in [0.717, 1.165) is 69.9 Å². The fourth-order valence-electron chi connectivity index (χ4n) is 4.13. The number of hydrogen-bond donors (Lipinski definition) is 0. The molecule has 2 saturated heterocycles. The van der Waals surface area contributed by atoms with E-state index in [1.165, 1.54) is 5.56 Å². The number of amides is 1. The Kier molecular flexibility index (Phi) is 5.43. The van der Waals surface area contributed by atoms with E-state index in [9.17, 15) is 4.79 Å². The lowest BCUT2D eigenvalue weighted by molar-refractivity contribution is 0.0751. The van der Waals surface area contributed by atoms with Crippen LogP contribution in [0.5, 0.6) is 5.75 Å². The maximum atomic E-state index is 12.5. The van der Waals surface area contributed by atoms with Gasteiger partial charge in [-0.1, -0.05) is 17.3 Å². The van der Waals surface area contributed by atoms with Crippen LogP contribution in [-0.4, -0.2) is 54.2 Å². The van der Waals surface area contributed by atoms with Gasteiger partial charge in [0.2, 0.25) is 5.76 Å². The Morgan fingerprint density at radius 3 is 2.89 bits per heavy atom. The minimum absolute atomic E-state index is 0.0182. The van der Waals surface area contributed by atoms with Crippen molar-refractivity contribution in [3.05, 3.63) is 47.3 Å². The first-order valence-corrected chi connectivity index (χ1v) is 9.84. The quantitative estimate of drug-likeness (QED) is 0.809. The fraction of sp³-hybridized carbons (Fsp3) is 0.524. The summed E-state index contributed by atoms with van der Waals surface area (Å²) in [7, 11) is 1.70. The summed E-state index contributed by atoms with van der Waals surface area (Å²) in [5.74, 6) is 1.57. The summed E-state index contributed by atoms with van der Waals surface area (Å²) >= 11 is 0. The molecule has 2 aromatic rings. The van der Waals surface area contributed by atoms with Crippen molar-refractivity contribution in [2.45, 2.75) is 38.1 Å². The van der Waals surface area contributed by atoms with Crippen LogP contribution in [0.25, 0.3) is 0 Å². The predicted octanol–water partition coefficient (Wildman–Crippen LogP) is 3.30. The van der Waals surface area contributed by atoms with Crippen LogP contribution >= 0.6 is 0 Å². The van der Waals surface area contributed by atoms with Crippen molar-refractivity contribution >= 4 is 5.91 Å². The molecule has 1 atom stereocenters. The highest BCUT2D eigenvalue weighted by Crippen LogP contribution is 2.28. The molecule has 2 fully saturated rings. The van der Waals surface area contributed by atoms with Gasteiger partial charge in [-0.15, -0.1) is 0 Å². The van der Waals surface area contributed by atoms with Crippen LogP contribution in [-0.2, 0) is 6.54 Å². The van der Waals surface area contributed by atoms with Crippen molar-refractivity contribution < 1.29 is 14.1 Å². The van der Waals surface area contributed by atoms with Crippen molar-refractivity contribution in [1.82, 2.24) is 15.0 Å². The van der Waals surface area contributed by atoms with Crippen molar-refractivity contribution in [1.29, 1.82) is 0 Å². The largest absolute Gasteiger partial charge is 0.497 e. The Labute approximate surface area is 160 Å². The van der Waals surface area contributed by atoms with Gasteiger partial charge in [-0.3, -0.25) is 9.69 Å². The highest BCUT2D eigenvalue weighted by molar-refractivity contribution is 5.91. The van der Waals surface area contributed by atoms with Crippen LogP contribution in [0, 0.1) is 0 Å². The van der Waals surface area contributed by atoms with E-state index >= 15 is 0 Å². The molecule has 6 nitrogen and oxygen atoms in total. The Balaban J connectivity index is 1.40. The standard InChI is InChI=1S/C21H27N3O3/c1-26-18-8-4-6-16(12-18)14-23-9-5-7-17(15-23)19-13-20(27-22-19)21(25)24-10-2-3-11-24/h4,6,8,12-13,17H,2-3,5,7,9-11,14-15H2,1H3. The van der Waals surface area contributed by atoms with E-state index < -0.39 is 0 Å². The van der Waals surface area contributed by atoms with Gasteiger partial charge >= 0.3 is 0 Å². The van der Waals surface area contributed by atoms with E-state index in [-0.39, 0.29) is 5.91 Å². The lowest BCUT2D eigenvalue weighted by Crippen LogP contribution is -2.34. The summed E-state index contributed by atoms with van der Waals surface area (Å²) in [6, 6.07) is 10.1. The molecule has 1 amide bonds. The summed E-state index contributed by atoms with van der Waals surface area (Å²) in [5.41, 5.74) is 2.16. The Morgan fingerprint density at radius 1 is 1.22 bits per heavy atom. The molecule has 0 saturated carbocycles. The Morgan fingerprint density at radius 2 is 2.07 bits per heavy atom. The number of methoxy groups -OCH3 is 1. The predicted molar refractivity (Wildman–Crippen MR) is 102 cm³/mol. The number of benzene rings is 1. The molecule has 2 aliphatic rings. The van der Waals surface area contributed by atoms with Crippen molar-refractivity contribution in [3.63, 3.8) is 0 Å². The molecule has 0 N–H and O–H groups in total. The molecule has 2 aliphatic heterocycles. The first-order chi connectivity index (χ1) is 13.2. The topological polar surface area (TPSA) is 58.8 Å². The summed E-state index contributed by atoms with van der Waals surface area (Å²) in [6.07, 6.45) is 4.36. The molecule has 6 heteroatoms. The summed E-state index contributed by atoms with van der Waals surface area (Å²) in [4.78, 5) is 16.8. The Bertz CT molecular complexity index is 782. The molecule has 0 radical (unpaired) electrons. The second kappa shape index (κ2) is 8.13. The fourth-order valence-corrected chi connectivity index (χ4v) is 4.13. The molecule has 0 bridgehead atoms. The second-order valence-corrected chi connectivity index (χ2v) is 7.54. The van der Waals surface area contributed by atoms with Gasteiger partial charge in [0, 0.05) is 38.2 Å². The number of hydrogen-bond acceptors (Lipinski definition) is 5. The molecule has 144 valence electrons. The van der Waals surface area contributed by atoms with Crippen LogP contribution < -0.4 is 4.74 Å². The van der Waals surface area contributed by atoms with Gasteiger partial charge in [-0.25, -0.2) is 0 Å². The lowest BCUT2D eigenvalue weighted by atomic mass is 9.94. The molecular weight excluding hydrogens is 342 g/mol. The lowest BCUT2D eigenvalue weighted by Gasteiger charge is -2.31. The monoisotopic (exact) mass is 369 g/mol. The molecule has 27 heavy (non-hydrogen) atoms. The van der Waals surface area contributed by atoms with Gasteiger partial charge in [-0.2, -0.15) is 0 Å². The van der Waals surface area contributed by atoms with E-state index in [4.69, 9.17) is 9.26 Å². The van der Waals surface area contributed by atoms with Gasteiger partial charge in [0.15, 0.2) is 0 Å². The zero-order valence-electron chi connectivity index (χ0n) is 15.9. The minimum atomic E-state index is -0.0182. The summed E-state index contributed by atoms with van der Waals surface area (Å²) in [5, 5.41) is 4.23. The number of piperidine rings is 1. The van der Waals surface area contributed by atoms with Crippen molar-refractivity contribution in [2.24, 2.45) is 0 Å². The van der Waals surface area contributed by atoms with Crippen molar-refractivity contribution in [2.75, 3.05) is 33.3 Å². The first kappa shape index (κ1) is 18.0. The van der Waals surface area contributed by atoms with Gasteiger partial charge in [0.25, 0.3) is 5.91 Å². The van der Waals surface area contributed by atoms with E-state index in [1.54, 1.807) is 7.11 Å². The van der Waals surface area contributed by atoms with E-state index in [2.05, 4.69) is 22.2 Å². The number of ether oxygens (including phenoxy) is 1. The van der Waals surface area contributed by atoms with Gasteiger partial charge < -0.3 is 14.2 Å². The van der Waals surface area contributed by atoms with Crippen LogP contribution in [0.3, 0.4) is 0 Å². The van der Waals surface area contributed by atoms with Gasteiger partial charge in [0.05, 0.1) is 12.8 Å². The molecule has 0 spiro atoms. The Hall–Kier alpha value is -2.34. The van der Waals surface area contributed by atoms with Gasteiger partial charge in [0.1, 0.15) is 5.75 Å². The SMILES string of the molecule is COc1cccc(CN2CCCC(c3cc(C(=O)N4CCCC4)on3)C2)c1. The zero-order chi connectivity index (χ0) is 18.6. The van der Waals surface area contributed by atoms with Crippen molar-refractivity contribution in [3.8, 4) is 5.75 Å². The molecule has 3 heterocycles. The molecule has 0 aliphatic carbocycles. The number of carbonyl (C=O) groups is 1. The average molecular weight is 369 g/mol. The summed E-state index contributed by atoms with van der Waals surface area (Å²) < 4.78 is 10.7. The molecule has 1 unspecified atom stereocenters. The van der Waals surface area contributed by atoms with Crippen LogP contribution in [0.4, 0.5) is 0 Å². The minimum Gasteiger partial charge on any atom is -0.497 e. The third-order valence-corrected chi connectivity index (χ3v) is 5.60. The summed E-state index contributed by atoms with van der Waals surface area (Å²) in [6.45, 7) is 4.55. The third-order valence-electron chi connectivity index (χ3n) is 5.60. The number of aromatic nitrogens is 1. The number of carbonyl (C=O) groups excluding carboxylic acids is 1. The highest BCUT2D eigenvalue weighted by atomic mass is 16.5. The van der Waals surface area contributed by atoms with Crippen LogP contribution in [0.15, 0.2) is 34.9 Å². The smallest absolute Gasteiger partial charge is 0.292 e. The van der Waals surface area contributed by atoms with Crippen LogP contribution in [0.2, 0.25) is 0 Å². The maximum Gasteiger partial charge on any atom is 0.292 e. The van der Waals surface area contributed by atoms with E-state index in [1.807, 2.05) is 23.1 Å². The number of nitrogens with zero attached hydrogens (tertiary/aromatic N) is 3. The van der Waals surface area contributed by atoms with E-state index in [0.29, 0.717) is 11.7 Å². The maximum absolute atomic E-state index is 12.5. The van der Waals surface area contributed by atoms with Crippen LogP contribution in [0.1, 0.15) is 53.4 Å². The average Bonchev–Trinajstić information content (AvgIpc) is 3.40. The molecule has 1 aromatic carbocycles. The second-order valence-electron chi connectivity index (χ2n) is 7.54. The van der Waals surface area contributed by atoms with Gasteiger partial charge in [-0.05, 0) is 49.9 Å².